The second-order valence-electron chi connectivity index (χ2n) is 8.13. The molecule has 2 bridgehead atoms. The van der Waals surface area contributed by atoms with Crippen molar-refractivity contribution < 1.29 is 23.9 Å². The minimum Gasteiger partial charge on any atom is -0.497 e. The zero-order valence-corrected chi connectivity index (χ0v) is 19.7. The summed E-state index contributed by atoms with van der Waals surface area (Å²) < 4.78 is 10.6. The second kappa shape index (κ2) is 7.74. The van der Waals surface area contributed by atoms with Crippen LogP contribution in [0.4, 0.5) is 5.69 Å². The number of alkyl halides is 2. The summed E-state index contributed by atoms with van der Waals surface area (Å²) in [5.74, 6) is -0.350. The van der Waals surface area contributed by atoms with Gasteiger partial charge in [0.2, 0.25) is 11.8 Å². The van der Waals surface area contributed by atoms with Crippen LogP contribution in [0.3, 0.4) is 0 Å². The maximum Gasteiger partial charge on any atom is 0.343 e. The highest BCUT2D eigenvalue weighted by atomic mass is 79.9. The van der Waals surface area contributed by atoms with Gasteiger partial charge in [-0.2, -0.15) is 0 Å². The van der Waals surface area contributed by atoms with E-state index in [0.29, 0.717) is 17.0 Å². The van der Waals surface area contributed by atoms with Crippen LogP contribution in [0.25, 0.3) is 0 Å². The number of imide groups is 1. The Morgan fingerprint density at radius 2 is 1.55 bits per heavy atom. The number of fused-ring (bicyclic) bond motifs is 5. The predicted octanol–water partition coefficient (Wildman–Crippen LogP) is 4.20. The van der Waals surface area contributed by atoms with E-state index in [9.17, 15) is 14.4 Å². The third kappa shape index (κ3) is 3.22. The summed E-state index contributed by atoms with van der Waals surface area (Å²) in [6.07, 6.45) is 0.880. The number of carbonyl (C=O) groups excluding carboxylic acids is 3. The molecule has 0 spiro atoms. The summed E-state index contributed by atoms with van der Waals surface area (Å²) in [5, 5.41) is 0. The Kier molecular flexibility index (Phi) is 5.17. The molecule has 1 heterocycles. The van der Waals surface area contributed by atoms with E-state index in [2.05, 4.69) is 31.9 Å². The fourth-order valence-electron chi connectivity index (χ4n) is 5.21. The number of benzene rings is 2. The number of hydrogen-bond donors (Lipinski definition) is 0. The Labute approximate surface area is 196 Å². The first kappa shape index (κ1) is 20.7. The maximum atomic E-state index is 13.2. The van der Waals surface area contributed by atoms with Gasteiger partial charge in [-0.3, -0.25) is 9.59 Å². The lowest BCUT2D eigenvalue weighted by atomic mass is 9.81. The number of methoxy groups -OCH3 is 1. The molecule has 31 heavy (non-hydrogen) atoms. The SMILES string of the molecule is COc1cccc(C(=O)Oc2cccc(N3C(=O)[C@@H]4[C@H]5C[C@@H]([C@@H](Br)[C@H]5Br)[C@H]4C3=O)c2)c1. The predicted molar refractivity (Wildman–Crippen MR) is 121 cm³/mol. The van der Waals surface area contributed by atoms with Gasteiger partial charge in [-0.15, -0.1) is 0 Å². The number of rotatable bonds is 4. The lowest BCUT2D eigenvalue weighted by Crippen LogP contribution is -2.37. The van der Waals surface area contributed by atoms with Gasteiger partial charge in [-0.05, 0) is 48.6 Å². The summed E-state index contributed by atoms with van der Waals surface area (Å²) in [5.41, 5.74) is 0.771. The first-order chi connectivity index (χ1) is 14.9. The maximum absolute atomic E-state index is 13.2. The minimum atomic E-state index is -0.547. The number of hydrogen-bond acceptors (Lipinski definition) is 5. The molecule has 0 unspecified atom stereocenters. The molecular weight excluding hydrogens is 530 g/mol. The summed E-state index contributed by atoms with van der Waals surface area (Å²) in [6, 6.07) is 13.2. The Balaban J connectivity index is 1.39. The molecule has 2 amide bonds. The van der Waals surface area contributed by atoms with Crippen molar-refractivity contribution in [3.8, 4) is 11.5 Å². The number of carbonyl (C=O) groups is 3. The number of esters is 1. The van der Waals surface area contributed by atoms with Crippen LogP contribution >= 0.6 is 31.9 Å². The Bertz CT molecular complexity index is 1060. The number of anilines is 1. The van der Waals surface area contributed by atoms with Gasteiger partial charge in [0.15, 0.2) is 0 Å². The highest BCUT2D eigenvalue weighted by Gasteiger charge is 2.66. The lowest BCUT2D eigenvalue weighted by Gasteiger charge is -2.28. The van der Waals surface area contributed by atoms with E-state index >= 15 is 0 Å². The Morgan fingerprint density at radius 1 is 0.935 bits per heavy atom. The van der Waals surface area contributed by atoms with E-state index in [1.807, 2.05) is 0 Å². The molecule has 2 aromatic rings. The number of halogens is 2. The molecule has 3 fully saturated rings. The molecule has 0 N–H and O–H groups in total. The molecule has 1 saturated heterocycles. The van der Waals surface area contributed by atoms with Crippen molar-refractivity contribution in [2.45, 2.75) is 16.1 Å². The monoisotopic (exact) mass is 547 g/mol. The molecule has 5 rings (SSSR count). The van der Waals surface area contributed by atoms with Crippen LogP contribution in [0.5, 0.6) is 11.5 Å². The molecule has 160 valence electrons. The van der Waals surface area contributed by atoms with Gasteiger partial charge in [-0.25, -0.2) is 9.69 Å². The van der Waals surface area contributed by atoms with Crippen molar-refractivity contribution in [1.29, 1.82) is 0 Å². The third-order valence-corrected chi connectivity index (χ3v) is 9.79. The number of amides is 2. The van der Waals surface area contributed by atoms with Crippen LogP contribution in [0.2, 0.25) is 0 Å². The Hall–Kier alpha value is -2.19. The fraction of sp³-hybridized carbons (Fsp3) is 0.348. The molecule has 3 aliphatic rings. The van der Waals surface area contributed by atoms with Crippen molar-refractivity contribution in [1.82, 2.24) is 0 Å². The zero-order valence-electron chi connectivity index (χ0n) is 16.5. The van der Waals surface area contributed by atoms with Gasteiger partial charge in [0.1, 0.15) is 11.5 Å². The van der Waals surface area contributed by atoms with Crippen LogP contribution < -0.4 is 14.4 Å². The van der Waals surface area contributed by atoms with Crippen LogP contribution in [0.1, 0.15) is 16.8 Å². The molecule has 0 radical (unpaired) electrons. The first-order valence-corrected chi connectivity index (χ1v) is 11.9. The zero-order chi connectivity index (χ0) is 21.9. The largest absolute Gasteiger partial charge is 0.497 e. The lowest BCUT2D eigenvalue weighted by molar-refractivity contribution is -0.123. The molecule has 0 aromatic heterocycles. The summed E-state index contributed by atoms with van der Waals surface area (Å²) in [7, 11) is 1.52. The summed E-state index contributed by atoms with van der Waals surface area (Å²) in [4.78, 5) is 40.6. The minimum absolute atomic E-state index is 0.148. The van der Waals surface area contributed by atoms with Crippen LogP contribution in [0.15, 0.2) is 48.5 Å². The van der Waals surface area contributed by atoms with Crippen LogP contribution in [0, 0.1) is 23.7 Å². The highest BCUT2D eigenvalue weighted by molar-refractivity contribution is 9.12. The Morgan fingerprint density at radius 3 is 2.19 bits per heavy atom. The molecule has 2 aromatic carbocycles. The summed E-state index contributed by atoms with van der Waals surface area (Å²) >= 11 is 7.39. The molecule has 6 nitrogen and oxygen atoms in total. The molecular formula is C23H19Br2NO5. The van der Waals surface area contributed by atoms with Gasteiger partial charge in [0.25, 0.3) is 0 Å². The van der Waals surface area contributed by atoms with Gasteiger partial charge < -0.3 is 9.47 Å². The van der Waals surface area contributed by atoms with E-state index in [-0.39, 0.29) is 50.9 Å². The highest BCUT2D eigenvalue weighted by Crippen LogP contribution is 2.60. The average Bonchev–Trinajstić information content (AvgIpc) is 3.38. The quantitative estimate of drug-likeness (QED) is 0.248. The van der Waals surface area contributed by atoms with Gasteiger partial charge in [0, 0.05) is 15.7 Å². The van der Waals surface area contributed by atoms with E-state index < -0.39 is 5.97 Å². The van der Waals surface area contributed by atoms with Gasteiger partial charge in [-0.1, -0.05) is 44.0 Å². The van der Waals surface area contributed by atoms with Crippen molar-refractivity contribution in [3.63, 3.8) is 0 Å². The van der Waals surface area contributed by atoms with E-state index in [1.54, 1.807) is 48.5 Å². The van der Waals surface area contributed by atoms with E-state index in [0.717, 1.165) is 6.42 Å². The van der Waals surface area contributed by atoms with Crippen molar-refractivity contribution >= 4 is 55.3 Å². The number of ether oxygens (including phenoxy) is 2. The fourth-order valence-corrected chi connectivity index (χ4v) is 7.08. The second-order valence-corrected chi connectivity index (χ2v) is 10.2. The first-order valence-electron chi connectivity index (χ1n) is 10.0. The van der Waals surface area contributed by atoms with Crippen LogP contribution in [-0.4, -0.2) is 34.5 Å². The van der Waals surface area contributed by atoms with Crippen molar-refractivity contribution in [2.75, 3.05) is 12.0 Å². The molecule has 2 saturated carbocycles. The average molecular weight is 549 g/mol. The standard InChI is InChI=1S/C23H19Br2NO5/c1-30-13-6-2-4-11(8-13)23(29)31-14-7-3-5-12(9-14)26-21(27)17-15-10-16(18(17)22(26)28)20(25)19(15)24/h2-9,15-20H,10H2,1H3/t15-,16-,17-,18-,19-,20+/m1/s1. The van der Waals surface area contributed by atoms with E-state index in [4.69, 9.17) is 9.47 Å². The topological polar surface area (TPSA) is 72.9 Å². The number of nitrogens with zero attached hydrogens (tertiary/aromatic N) is 1. The molecule has 1 aliphatic heterocycles. The van der Waals surface area contributed by atoms with Crippen molar-refractivity contribution in [2.24, 2.45) is 23.7 Å². The normalized spacial score (nSPS) is 31.1. The summed E-state index contributed by atoms with van der Waals surface area (Å²) in [6.45, 7) is 0. The molecule has 6 atom stereocenters. The smallest absolute Gasteiger partial charge is 0.343 e. The third-order valence-electron chi connectivity index (χ3n) is 6.58. The van der Waals surface area contributed by atoms with E-state index in [1.165, 1.54) is 12.0 Å². The van der Waals surface area contributed by atoms with Gasteiger partial charge >= 0.3 is 5.97 Å². The molecule has 2 aliphatic carbocycles. The van der Waals surface area contributed by atoms with Crippen LogP contribution in [-0.2, 0) is 9.59 Å². The van der Waals surface area contributed by atoms with Crippen molar-refractivity contribution in [3.05, 3.63) is 54.1 Å². The van der Waals surface area contributed by atoms with Gasteiger partial charge in [0.05, 0.1) is 30.2 Å². The molecule has 8 heteroatoms.